The minimum Gasteiger partial charge on any atom is -0.497 e. The molecule has 3 atom stereocenters. The predicted octanol–water partition coefficient (Wildman–Crippen LogP) is 6.75. The first-order valence-corrected chi connectivity index (χ1v) is 11.8. The van der Waals surface area contributed by atoms with Gasteiger partial charge in [-0.15, -0.1) is 0 Å². The average molecular weight is 462 g/mol. The Morgan fingerprint density at radius 3 is 1.88 bits per heavy atom. The molecule has 0 aromatic heterocycles. The van der Waals surface area contributed by atoms with Gasteiger partial charge in [-0.1, -0.05) is 74.5 Å². The van der Waals surface area contributed by atoms with Gasteiger partial charge >= 0.3 is 0 Å². The minimum atomic E-state index is -0.633. The van der Waals surface area contributed by atoms with E-state index in [-0.39, 0.29) is 23.7 Å². The van der Waals surface area contributed by atoms with Crippen LogP contribution in [0, 0.1) is 10.1 Å². The van der Waals surface area contributed by atoms with E-state index in [4.69, 9.17) is 14.2 Å². The summed E-state index contributed by atoms with van der Waals surface area (Å²) >= 11 is 0. The van der Waals surface area contributed by atoms with Gasteiger partial charge in [0.2, 0.25) is 6.54 Å². The summed E-state index contributed by atoms with van der Waals surface area (Å²) in [6.45, 7) is 3.97. The molecule has 0 N–H and O–H groups in total. The molecular formula is C28H31NO5. The van der Waals surface area contributed by atoms with Gasteiger partial charge < -0.3 is 14.2 Å². The number of hydrogen-bond acceptors (Lipinski definition) is 5. The molecule has 178 valence electrons. The summed E-state index contributed by atoms with van der Waals surface area (Å²) in [6, 6.07) is 23.5. The zero-order valence-corrected chi connectivity index (χ0v) is 19.8. The van der Waals surface area contributed by atoms with Crippen LogP contribution in [-0.4, -0.2) is 18.6 Å². The fraction of sp³-hybridized carbons (Fsp3) is 0.357. The van der Waals surface area contributed by atoms with Gasteiger partial charge in [-0.05, 0) is 47.2 Å². The highest BCUT2D eigenvalue weighted by atomic mass is 16.7. The number of benzene rings is 3. The van der Waals surface area contributed by atoms with Crippen molar-refractivity contribution in [3.05, 3.63) is 111 Å². The third kappa shape index (κ3) is 4.98. The zero-order valence-electron chi connectivity index (χ0n) is 19.8. The summed E-state index contributed by atoms with van der Waals surface area (Å²) in [5, 5.41) is 11.7. The maximum Gasteiger partial charge on any atom is 0.214 e. The van der Waals surface area contributed by atoms with Gasteiger partial charge in [-0.2, -0.15) is 0 Å². The molecular weight excluding hydrogens is 430 g/mol. The second-order valence-corrected chi connectivity index (χ2v) is 8.50. The Morgan fingerprint density at radius 1 is 0.853 bits per heavy atom. The van der Waals surface area contributed by atoms with Gasteiger partial charge in [0.15, 0.2) is 6.29 Å². The van der Waals surface area contributed by atoms with Crippen LogP contribution in [0.25, 0.3) is 0 Å². The van der Waals surface area contributed by atoms with Gasteiger partial charge in [0, 0.05) is 10.5 Å². The second kappa shape index (κ2) is 10.8. The number of nitro groups is 1. The van der Waals surface area contributed by atoms with E-state index in [9.17, 15) is 10.1 Å². The molecule has 1 heterocycles. The number of rotatable bonds is 8. The van der Waals surface area contributed by atoms with E-state index in [1.807, 2.05) is 60.7 Å². The Kier molecular flexibility index (Phi) is 7.60. The van der Waals surface area contributed by atoms with Crippen molar-refractivity contribution in [1.29, 1.82) is 0 Å². The lowest BCUT2D eigenvalue weighted by atomic mass is 9.87. The number of nitrogens with zero attached hydrogens (tertiary/aromatic N) is 1. The van der Waals surface area contributed by atoms with Gasteiger partial charge in [0.05, 0.1) is 25.2 Å². The Morgan fingerprint density at radius 2 is 1.38 bits per heavy atom. The number of hydrogen-bond donors (Lipinski definition) is 0. The van der Waals surface area contributed by atoms with Crippen LogP contribution in [0.1, 0.15) is 78.9 Å². The van der Waals surface area contributed by atoms with Gasteiger partial charge in [-0.3, -0.25) is 10.1 Å². The summed E-state index contributed by atoms with van der Waals surface area (Å²) < 4.78 is 18.4. The molecule has 3 aromatic carbocycles. The van der Waals surface area contributed by atoms with Gasteiger partial charge in [-0.25, -0.2) is 0 Å². The molecule has 6 heteroatoms. The summed E-state index contributed by atoms with van der Waals surface area (Å²) in [7, 11) is 1.60. The Bertz CT molecular complexity index is 1080. The number of fused-ring (bicyclic) bond motifs is 1. The SMILES string of the molecule is CC[C@@H]1OC(c2ccccc2[C@@H](C[N+](=O)[O-])c2ccc(OC)cc2)O[C@@H](CC)c2ccccc21. The van der Waals surface area contributed by atoms with Crippen LogP contribution < -0.4 is 4.74 Å². The maximum atomic E-state index is 11.7. The van der Waals surface area contributed by atoms with E-state index < -0.39 is 12.2 Å². The smallest absolute Gasteiger partial charge is 0.214 e. The fourth-order valence-corrected chi connectivity index (χ4v) is 4.76. The van der Waals surface area contributed by atoms with Crippen molar-refractivity contribution in [3.63, 3.8) is 0 Å². The van der Waals surface area contributed by atoms with Crippen molar-refractivity contribution >= 4 is 0 Å². The molecule has 0 amide bonds. The molecule has 0 aliphatic carbocycles. The number of ether oxygens (including phenoxy) is 3. The largest absolute Gasteiger partial charge is 0.497 e. The van der Waals surface area contributed by atoms with Crippen molar-refractivity contribution in [3.8, 4) is 5.75 Å². The first kappa shape index (κ1) is 23.9. The molecule has 1 aliphatic rings. The van der Waals surface area contributed by atoms with E-state index in [0.29, 0.717) is 5.75 Å². The Hall–Kier alpha value is -3.22. The molecule has 0 saturated carbocycles. The molecule has 0 spiro atoms. The monoisotopic (exact) mass is 461 g/mol. The Labute approximate surface area is 200 Å². The van der Waals surface area contributed by atoms with Crippen LogP contribution >= 0.6 is 0 Å². The van der Waals surface area contributed by atoms with Crippen molar-refractivity contribution in [2.24, 2.45) is 0 Å². The lowest BCUT2D eigenvalue weighted by Crippen LogP contribution is -2.19. The minimum absolute atomic E-state index is 0.124. The molecule has 0 unspecified atom stereocenters. The van der Waals surface area contributed by atoms with Crippen molar-refractivity contribution in [1.82, 2.24) is 0 Å². The van der Waals surface area contributed by atoms with Crippen LogP contribution in [0.15, 0.2) is 72.8 Å². The van der Waals surface area contributed by atoms with Gasteiger partial charge in [0.25, 0.3) is 0 Å². The van der Waals surface area contributed by atoms with Crippen molar-refractivity contribution in [2.75, 3.05) is 13.7 Å². The molecule has 1 aliphatic heterocycles. The molecule has 0 radical (unpaired) electrons. The zero-order chi connectivity index (χ0) is 24.1. The third-order valence-electron chi connectivity index (χ3n) is 6.48. The highest BCUT2D eigenvalue weighted by Crippen LogP contribution is 2.44. The highest BCUT2D eigenvalue weighted by molar-refractivity contribution is 5.41. The lowest BCUT2D eigenvalue weighted by molar-refractivity contribution is -0.481. The molecule has 34 heavy (non-hydrogen) atoms. The molecule has 6 nitrogen and oxygen atoms in total. The quantitative estimate of drug-likeness (QED) is 0.274. The molecule has 0 saturated heterocycles. The van der Waals surface area contributed by atoms with Crippen LogP contribution in [-0.2, 0) is 9.47 Å². The van der Waals surface area contributed by atoms with E-state index >= 15 is 0 Å². The van der Waals surface area contributed by atoms with E-state index in [1.54, 1.807) is 7.11 Å². The maximum absolute atomic E-state index is 11.7. The van der Waals surface area contributed by atoms with Crippen LogP contribution in [0.4, 0.5) is 0 Å². The van der Waals surface area contributed by atoms with E-state index in [2.05, 4.69) is 26.0 Å². The number of methoxy groups -OCH3 is 1. The summed E-state index contributed by atoms with van der Waals surface area (Å²) in [5.74, 6) is 0.261. The van der Waals surface area contributed by atoms with E-state index in [0.717, 1.165) is 40.7 Å². The molecule has 3 aromatic rings. The Balaban J connectivity index is 1.77. The van der Waals surface area contributed by atoms with Crippen LogP contribution in [0.5, 0.6) is 5.75 Å². The summed E-state index contributed by atoms with van der Waals surface area (Å²) in [5.41, 5.74) is 4.81. The van der Waals surface area contributed by atoms with Crippen LogP contribution in [0.3, 0.4) is 0 Å². The van der Waals surface area contributed by atoms with Crippen molar-refractivity contribution < 1.29 is 19.1 Å². The standard InChI is InChI=1S/C28H31NO5/c1-4-26-22-11-7-8-12-23(22)27(5-2)34-28(33-26)24-13-9-6-10-21(24)25(18-29(30)31)19-14-16-20(32-3)17-15-19/h6-17,25-28H,4-5,18H2,1-3H3/t25-,26-,27-/m0/s1. The van der Waals surface area contributed by atoms with Crippen molar-refractivity contribution in [2.45, 2.75) is 51.1 Å². The first-order chi connectivity index (χ1) is 16.5. The summed E-state index contributed by atoms with van der Waals surface area (Å²) in [6.07, 6.45) is 0.714. The predicted molar refractivity (Wildman–Crippen MR) is 131 cm³/mol. The first-order valence-electron chi connectivity index (χ1n) is 11.8. The molecule has 0 bridgehead atoms. The average Bonchev–Trinajstić information content (AvgIpc) is 3.04. The topological polar surface area (TPSA) is 70.8 Å². The summed E-state index contributed by atoms with van der Waals surface area (Å²) in [4.78, 5) is 11.4. The third-order valence-corrected chi connectivity index (χ3v) is 6.48. The molecule has 4 rings (SSSR count). The highest BCUT2D eigenvalue weighted by Gasteiger charge is 2.33. The molecule has 0 fully saturated rings. The van der Waals surface area contributed by atoms with Gasteiger partial charge in [0.1, 0.15) is 5.75 Å². The second-order valence-electron chi connectivity index (χ2n) is 8.50. The van der Waals surface area contributed by atoms with E-state index in [1.165, 1.54) is 0 Å². The van der Waals surface area contributed by atoms with Crippen LogP contribution in [0.2, 0.25) is 0 Å². The fourth-order valence-electron chi connectivity index (χ4n) is 4.76. The lowest BCUT2D eigenvalue weighted by Gasteiger charge is -2.27. The normalized spacial score (nSPS) is 19.1.